The van der Waals surface area contributed by atoms with E-state index in [0.29, 0.717) is 11.9 Å². The van der Waals surface area contributed by atoms with Gasteiger partial charge in [0, 0.05) is 30.2 Å². The summed E-state index contributed by atoms with van der Waals surface area (Å²) in [5, 5.41) is 8.84. The first-order valence-electron chi connectivity index (χ1n) is 7.35. The minimum atomic E-state index is -0.110. The lowest BCUT2D eigenvalue weighted by atomic mass is 10.1. The first-order chi connectivity index (χ1) is 10.5. The molecule has 0 spiro atoms. The smallest absolute Gasteiger partial charge is 0.262 e. The molecule has 0 radical (unpaired) electrons. The van der Waals surface area contributed by atoms with Crippen LogP contribution in [0.15, 0.2) is 29.1 Å². The summed E-state index contributed by atoms with van der Waals surface area (Å²) in [6.45, 7) is 3.08. The second-order valence-corrected chi connectivity index (χ2v) is 6.03. The number of benzene rings is 1. The molecule has 0 saturated heterocycles. The van der Waals surface area contributed by atoms with Crippen molar-refractivity contribution in [1.82, 2.24) is 19.7 Å². The topological polar surface area (TPSA) is 79.9 Å². The van der Waals surface area contributed by atoms with Crippen LogP contribution in [0.5, 0.6) is 0 Å². The highest BCUT2D eigenvalue weighted by molar-refractivity contribution is 6.03. The summed E-state index contributed by atoms with van der Waals surface area (Å²) in [6.07, 6.45) is 0. The molecule has 0 fully saturated rings. The molecular weight excluding hydrogens is 278 g/mol. The van der Waals surface area contributed by atoms with Crippen molar-refractivity contribution in [3.05, 3.63) is 40.3 Å². The highest BCUT2D eigenvalue weighted by atomic mass is 16.1. The van der Waals surface area contributed by atoms with E-state index in [2.05, 4.69) is 10.2 Å². The number of H-pyrrole nitrogens is 1. The van der Waals surface area contributed by atoms with Crippen LogP contribution in [0.25, 0.3) is 21.8 Å². The maximum absolute atomic E-state index is 12.9. The molecule has 6 heteroatoms. The van der Waals surface area contributed by atoms with Gasteiger partial charge >= 0.3 is 0 Å². The summed E-state index contributed by atoms with van der Waals surface area (Å²) < 4.78 is 1.77. The highest BCUT2D eigenvalue weighted by Crippen LogP contribution is 2.22. The van der Waals surface area contributed by atoms with Gasteiger partial charge in [0.1, 0.15) is 5.52 Å². The van der Waals surface area contributed by atoms with Crippen LogP contribution in [-0.2, 0) is 6.54 Å². The second-order valence-electron chi connectivity index (χ2n) is 6.03. The Balaban J connectivity index is 2.24. The molecular formula is C16H21N5O. The van der Waals surface area contributed by atoms with E-state index in [1.807, 2.05) is 50.2 Å². The van der Waals surface area contributed by atoms with Crippen molar-refractivity contribution in [3.63, 3.8) is 0 Å². The summed E-state index contributed by atoms with van der Waals surface area (Å²) in [6, 6.07) is 7.72. The molecule has 3 N–H and O–H groups in total. The molecule has 2 heterocycles. The highest BCUT2D eigenvalue weighted by Gasteiger charge is 2.16. The van der Waals surface area contributed by atoms with Crippen molar-refractivity contribution < 1.29 is 0 Å². The van der Waals surface area contributed by atoms with Gasteiger partial charge in [0.2, 0.25) is 0 Å². The quantitative estimate of drug-likeness (QED) is 0.755. The average Bonchev–Trinajstić information content (AvgIpc) is 2.85. The third-order valence-electron chi connectivity index (χ3n) is 3.87. The zero-order valence-corrected chi connectivity index (χ0v) is 13.1. The van der Waals surface area contributed by atoms with E-state index in [9.17, 15) is 4.79 Å². The number of aryl methyl sites for hydroxylation is 1. The molecule has 3 aromatic rings. The predicted octanol–water partition coefficient (Wildman–Crippen LogP) is 1.08. The molecule has 0 aliphatic rings. The number of para-hydroxylation sites is 1. The molecule has 1 atom stereocenters. The van der Waals surface area contributed by atoms with E-state index in [0.717, 1.165) is 28.7 Å². The van der Waals surface area contributed by atoms with Crippen molar-refractivity contribution in [2.45, 2.75) is 19.5 Å². The number of rotatable bonds is 4. The van der Waals surface area contributed by atoms with Crippen molar-refractivity contribution in [3.8, 4) is 0 Å². The van der Waals surface area contributed by atoms with Crippen LogP contribution in [0.4, 0.5) is 0 Å². The van der Waals surface area contributed by atoms with Crippen LogP contribution in [0.1, 0.15) is 5.69 Å². The first kappa shape index (κ1) is 14.7. The zero-order valence-electron chi connectivity index (χ0n) is 13.1. The number of nitrogens with two attached hydrogens (primary N) is 1. The van der Waals surface area contributed by atoms with Gasteiger partial charge in [-0.2, -0.15) is 5.10 Å². The van der Waals surface area contributed by atoms with Crippen molar-refractivity contribution in [1.29, 1.82) is 0 Å². The third-order valence-corrected chi connectivity index (χ3v) is 3.87. The molecule has 0 aliphatic carbocycles. The van der Waals surface area contributed by atoms with Crippen LogP contribution >= 0.6 is 0 Å². The summed E-state index contributed by atoms with van der Waals surface area (Å²) in [4.78, 5) is 14.9. The minimum Gasteiger partial charge on any atom is -0.325 e. The lowest BCUT2D eigenvalue weighted by molar-refractivity contribution is 0.353. The van der Waals surface area contributed by atoms with Gasteiger partial charge in [-0.15, -0.1) is 0 Å². The maximum Gasteiger partial charge on any atom is 0.262 e. The van der Waals surface area contributed by atoms with Gasteiger partial charge in [-0.3, -0.25) is 9.89 Å². The first-order valence-corrected chi connectivity index (χ1v) is 7.35. The van der Waals surface area contributed by atoms with E-state index >= 15 is 0 Å². The van der Waals surface area contributed by atoms with Crippen LogP contribution < -0.4 is 11.3 Å². The van der Waals surface area contributed by atoms with Gasteiger partial charge in [0.15, 0.2) is 0 Å². The number of hydrogen-bond acceptors (Lipinski definition) is 4. The Bertz CT molecular complexity index is 877. The number of pyridine rings is 1. The van der Waals surface area contributed by atoms with E-state index in [4.69, 9.17) is 5.73 Å². The molecule has 2 aromatic heterocycles. The number of nitrogens with zero attached hydrogens (tertiary/aromatic N) is 3. The Hall–Kier alpha value is -2.18. The van der Waals surface area contributed by atoms with E-state index < -0.39 is 0 Å². The lowest BCUT2D eigenvalue weighted by Crippen LogP contribution is -2.39. The zero-order chi connectivity index (χ0) is 15.9. The number of likely N-dealkylation sites (N-methyl/N-ethyl adjacent to an activating group) is 1. The van der Waals surface area contributed by atoms with Crippen LogP contribution in [0.2, 0.25) is 0 Å². The number of fused-ring (bicyclic) bond motifs is 3. The Labute approximate surface area is 128 Å². The van der Waals surface area contributed by atoms with Crippen molar-refractivity contribution >= 4 is 21.8 Å². The average molecular weight is 299 g/mol. The minimum absolute atomic E-state index is 0.0332. The predicted molar refractivity (Wildman–Crippen MR) is 89.1 cm³/mol. The monoisotopic (exact) mass is 299 g/mol. The lowest BCUT2D eigenvalue weighted by Gasteiger charge is -2.19. The van der Waals surface area contributed by atoms with Crippen LogP contribution in [-0.4, -0.2) is 46.3 Å². The Morgan fingerprint density at radius 2 is 2.09 bits per heavy atom. The van der Waals surface area contributed by atoms with Gasteiger partial charge in [-0.1, -0.05) is 18.2 Å². The molecule has 0 amide bonds. The molecule has 1 unspecified atom stereocenters. The fraction of sp³-hybridized carbons (Fsp3) is 0.375. The molecule has 0 bridgehead atoms. The van der Waals surface area contributed by atoms with E-state index in [1.165, 1.54) is 0 Å². The molecule has 22 heavy (non-hydrogen) atoms. The van der Waals surface area contributed by atoms with Gasteiger partial charge < -0.3 is 15.2 Å². The SMILES string of the molecule is Cc1[nH]nc2c1c(=O)n(CC(N)CN(C)C)c1ccccc21. The van der Waals surface area contributed by atoms with Gasteiger partial charge in [0.05, 0.1) is 10.9 Å². The molecule has 0 aliphatic heterocycles. The van der Waals surface area contributed by atoms with Crippen LogP contribution in [0.3, 0.4) is 0 Å². The molecule has 3 rings (SSSR count). The standard InChI is InChI=1S/C16H21N5O/c1-10-14-15(19-18-10)12-6-4-5-7-13(12)21(16(14)22)9-11(17)8-20(2)3/h4-7,11H,8-9,17H2,1-3H3,(H,18,19). The van der Waals surface area contributed by atoms with Gasteiger partial charge in [0.25, 0.3) is 5.56 Å². The number of aromatic amines is 1. The van der Waals surface area contributed by atoms with Crippen LogP contribution in [0, 0.1) is 6.92 Å². The Kier molecular flexibility index (Phi) is 3.72. The van der Waals surface area contributed by atoms with Crippen molar-refractivity contribution in [2.75, 3.05) is 20.6 Å². The molecule has 6 nitrogen and oxygen atoms in total. The Morgan fingerprint density at radius 1 is 1.36 bits per heavy atom. The summed E-state index contributed by atoms with van der Waals surface area (Å²) in [5.41, 5.74) is 8.57. The molecule has 116 valence electrons. The fourth-order valence-electron chi connectivity index (χ4n) is 2.98. The van der Waals surface area contributed by atoms with Gasteiger partial charge in [-0.05, 0) is 27.1 Å². The normalized spacial score (nSPS) is 13.3. The maximum atomic E-state index is 12.9. The van der Waals surface area contributed by atoms with Gasteiger partial charge in [-0.25, -0.2) is 0 Å². The van der Waals surface area contributed by atoms with E-state index in [1.54, 1.807) is 4.57 Å². The largest absolute Gasteiger partial charge is 0.325 e. The molecule has 0 saturated carbocycles. The number of nitrogens with one attached hydrogen (secondary N) is 1. The summed E-state index contributed by atoms with van der Waals surface area (Å²) in [7, 11) is 3.95. The third kappa shape index (κ3) is 2.40. The summed E-state index contributed by atoms with van der Waals surface area (Å²) in [5.74, 6) is 0. The Morgan fingerprint density at radius 3 is 2.82 bits per heavy atom. The number of aromatic nitrogens is 3. The summed E-state index contributed by atoms with van der Waals surface area (Å²) >= 11 is 0. The number of hydrogen-bond donors (Lipinski definition) is 2. The second kappa shape index (κ2) is 5.55. The van der Waals surface area contributed by atoms with E-state index in [-0.39, 0.29) is 11.6 Å². The fourth-order valence-corrected chi connectivity index (χ4v) is 2.98. The van der Waals surface area contributed by atoms with Crippen molar-refractivity contribution in [2.24, 2.45) is 5.73 Å². The molecule has 1 aromatic carbocycles.